The van der Waals surface area contributed by atoms with Crippen LogP contribution in [0.3, 0.4) is 0 Å². The second-order valence-corrected chi connectivity index (χ2v) is 8.81. The van der Waals surface area contributed by atoms with E-state index >= 15 is 0 Å². The van der Waals surface area contributed by atoms with Gasteiger partial charge in [-0.25, -0.2) is 17.1 Å². The summed E-state index contributed by atoms with van der Waals surface area (Å²) in [5, 5.41) is 5.07. The van der Waals surface area contributed by atoms with Crippen LogP contribution in [0.2, 0.25) is 0 Å². The van der Waals surface area contributed by atoms with Gasteiger partial charge < -0.3 is 10.6 Å². The molecule has 2 amide bonds. The van der Waals surface area contributed by atoms with Crippen molar-refractivity contribution in [1.29, 1.82) is 0 Å². The van der Waals surface area contributed by atoms with Crippen LogP contribution in [0.5, 0.6) is 0 Å². The third kappa shape index (κ3) is 5.11. The Labute approximate surface area is 178 Å². The van der Waals surface area contributed by atoms with Gasteiger partial charge in [0.05, 0.1) is 22.3 Å². The molecule has 0 saturated carbocycles. The maximum atomic E-state index is 14.2. The molecule has 0 aliphatic carbocycles. The number of carbonyl (C=O) groups is 2. The molecule has 0 atom stereocenters. The standard InChI is InChI=1S/C21H19FN4O4S/c1-26(2)31(29,30)17-7-3-5-14(11-17)20(27)24-15-8-9-19(22)18(12-15)21(28)25-16-6-4-10-23-13-16/h3-13H,1-2H3,(H,24,27)(H,25,28). The van der Waals surface area contributed by atoms with Gasteiger partial charge in [0.25, 0.3) is 11.8 Å². The fourth-order valence-electron chi connectivity index (χ4n) is 2.62. The Hall–Kier alpha value is -3.63. The lowest BCUT2D eigenvalue weighted by Crippen LogP contribution is -2.22. The average Bonchev–Trinajstić information content (AvgIpc) is 2.75. The fraction of sp³-hybridized carbons (Fsp3) is 0.0952. The van der Waals surface area contributed by atoms with Crippen molar-refractivity contribution in [3.05, 3.63) is 83.9 Å². The van der Waals surface area contributed by atoms with E-state index in [1.54, 1.807) is 12.1 Å². The summed E-state index contributed by atoms with van der Waals surface area (Å²) in [7, 11) is -0.938. The average molecular weight is 442 g/mol. The molecule has 10 heteroatoms. The maximum absolute atomic E-state index is 14.2. The minimum Gasteiger partial charge on any atom is -0.322 e. The molecule has 1 heterocycles. The molecule has 2 aromatic carbocycles. The summed E-state index contributed by atoms with van der Waals surface area (Å²) >= 11 is 0. The summed E-state index contributed by atoms with van der Waals surface area (Å²) in [5.41, 5.74) is 0.378. The summed E-state index contributed by atoms with van der Waals surface area (Å²) in [6.45, 7) is 0. The van der Waals surface area contributed by atoms with Crippen LogP contribution >= 0.6 is 0 Å². The van der Waals surface area contributed by atoms with Crippen LogP contribution in [0.4, 0.5) is 15.8 Å². The summed E-state index contributed by atoms with van der Waals surface area (Å²) in [5.74, 6) is -2.08. The lowest BCUT2D eigenvalue weighted by Gasteiger charge is -2.13. The van der Waals surface area contributed by atoms with Crippen molar-refractivity contribution in [2.45, 2.75) is 4.90 Å². The van der Waals surface area contributed by atoms with Crippen LogP contribution in [-0.2, 0) is 10.0 Å². The predicted molar refractivity (Wildman–Crippen MR) is 114 cm³/mol. The second kappa shape index (κ2) is 9.02. The molecule has 0 radical (unpaired) electrons. The molecule has 1 aromatic heterocycles. The molecule has 2 N–H and O–H groups in total. The van der Waals surface area contributed by atoms with E-state index in [2.05, 4.69) is 15.6 Å². The Kier molecular flexibility index (Phi) is 6.42. The van der Waals surface area contributed by atoms with Crippen molar-refractivity contribution >= 4 is 33.2 Å². The zero-order chi connectivity index (χ0) is 22.6. The molecule has 160 valence electrons. The van der Waals surface area contributed by atoms with Crippen molar-refractivity contribution in [2.24, 2.45) is 0 Å². The number of rotatable bonds is 6. The molecule has 0 saturated heterocycles. The third-order valence-corrected chi connectivity index (χ3v) is 6.07. The van der Waals surface area contributed by atoms with E-state index in [9.17, 15) is 22.4 Å². The molecule has 0 fully saturated rings. The number of anilines is 2. The summed E-state index contributed by atoms with van der Waals surface area (Å²) in [4.78, 5) is 28.8. The first-order valence-corrected chi connectivity index (χ1v) is 10.5. The van der Waals surface area contributed by atoms with Gasteiger partial charge in [-0.15, -0.1) is 0 Å². The topological polar surface area (TPSA) is 108 Å². The van der Waals surface area contributed by atoms with Gasteiger partial charge >= 0.3 is 0 Å². The normalized spacial score (nSPS) is 11.2. The van der Waals surface area contributed by atoms with E-state index < -0.39 is 27.7 Å². The van der Waals surface area contributed by atoms with E-state index in [1.807, 2.05) is 0 Å². The van der Waals surface area contributed by atoms with Gasteiger partial charge in [-0.1, -0.05) is 6.07 Å². The zero-order valence-electron chi connectivity index (χ0n) is 16.7. The van der Waals surface area contributed by atoms with Crippen LogP contribution in [-0.4, -0.2) is 43.6 Å². The van der Waals surface area contributed by atoms with Crippen LogP contribution in [0.25, 0.3) is 0 Å². The summed E-state index contributed by atoms with van der Waals surface area (Å²) in [6.07, 6.45) is 2.95. The quantitative estimate of drug-likeness (QED) is 0.610. The number of hydrogen-bond acceptors (Lipinski definition) is 5. The highest BCUT2D eigenvalue weighted by molar-refractivity contribution is 7.89. The maximum Gasteiger partial charge on any atom is 0.258 e. The second-order valence-electron chi connectivity index (χ2n) is 6.66. The van der Waals surface area contributed by atoms with E-state index in [1.165, 1.54) is 62.9 Å². The smallest absolute Gasteiger partial charge is 0.258 e. The van der Waals surface area contributed by atoms with Crippen molar-refractivity contribution in [2.75, 3.05) is 24.7 Å². The number of carbonyl (C=O) groups excluding carboxylic acids is 2. The molecular formula is C21H19FN4O4S. The Bertz CT molecular complexity index is 1230. The van der Waals surface area contributed by atoms with Crippen molar-refractivity contribution < 1.29 is 22.4 Å². The Morgan fingerprint density at radius 1 is 0.935 bits per heavy atom. The SMILES string of the molecule is CN(C)S(=O)(=O)c1cccc(C(=O)Nc2ccc(F)c(C(=O)Nc3cccnc3)c2)c1. The molecule has 8 nitrogen and oxygen atoms in total. The van der Waals surface area contributed by atoms with Gasteiger partial charge in [-0.2, -0.15) is 0 Å². The molecule has 0 bridgehead atoms. The molecule has 0 aliphatic heterocycles. The number of amides is 2. The Balaban J connectivity index is 1.81. The summed E-state index contributed by atoms with van der Waals surface area (Å²) in [6, 6.07) is 12.3. The number of halogens is 1. The first-order valence-electron chi connectivity index (χ1n) is 9.03. The molecule has 0 spiro atoms. The number of sulfonamides is 1. The van der Waals surface area contributed by atoms with Crippen LogP contribution < -0.4 is 10.6 Å². The molecule has 31 heavy (non-hydrogen) atoms. The van der Waals surface area contributed by atoms with Crippen LogP contribution in [0, 0.1) is 5.82 Å². The highest BCUT2D eigenvalue weighted by Gasteiger charge is 2.19. The number of aromatic nitrogens is 1. The van der Waals surface area contributed by atoms with Gasteiger partial charge in [0.1, 0.15) is 5.82 Å². The number of nitrogens with one attached hydrogen (secondary N) is 2. The number of pyridine rings is 1. The largest absolute Gasteiger partial charge is 0.322 e. The Morgan fingerprint density at radius 3 is 2.35 bits per heavy atom. The van der Waals surface area contributed by atoms with E-state index in [-0.39, 0.29) is 21.7 Å². The predicted octanol–water partition coefficient (Wildman–Crippen LogP) is 2.98. The molecule has 0 unspecified atom stereocenters. The number of nitrogens with zero attached hydrogens (tertiary/aromatic N) is 2. The van der Waals surface area contributed by atoms with E-state index in [4.69, 9.17) is 0 Å². The first-order chi connectivity index (χ1) is 14.7. The lowest BCUT2D eigenvalue weighted by atomic mass is 10.1. The first kappa shape index (κ1) is 22.1. The highest BCUT2D eigenvalue weighted by atomic mass is 32.2. The van der Waals surface area contributed by atoms with Crippen molar-refractivity contribution in [1.82, 2.24) is 9.29 Å². The van der Waals surface area contributed by atoms with Crippen molar-refractivity contribution in [3.8, 4) is 0 Å². The molecule has 3 rings (SSSR count). The Morgan fingerprint density at radius 2 is 1.68 bits per heavy atom. The van der Waals surface area contributed by atoms with Gasteiger partial charge in [0, 0.05) is 31.5 Å². The molecule has 3 aromatic rings. The monoisotopic (exact) mass is 442 g/mol. The van der Waals surface area contributed by atoms with Gasteiger partial charge in [0.15, 0.2) is 0 Å². The van der Waals surface area contributed by atoms with E-state index in [0.29, 0.717) is 5.69 Å². The number of benzene rings is 2. The lowest BCUT2D eigenvalue weighted by molar-refractivity contribution is 0.101. The minimum atomic E-state index is -3.71. The van der Waals surface area contributed by atoms with Crippen LogP contribution in [0.1, 0.15) is 20.7 Å². The summed E-state index contributed by atoms with van der Waals surface area (Å²) < 4.78 is 39.8. The zero-order valence-corrected chi connectivity index (χ0v) is 17.5. The fourth-order valence-corrected chi connectivity index (χ4v) is 3.57. The number of hydrogen-bond donors (Lipinski definition) is 2. The minimum absolute atomic E-state index is 0.0409. The van der Waals surface area contributed by atoms with Crippen molar-refractivity contribution in [3.63, 3.8) is 0 Å². The molecular weight excluding hydrogens is 423 g/mol. The van der Waals surface area contributed by atoms with Gasteiger partial charge in [-0.3, -0.25) is 14.6 Å². The molecule has 0 aliphatic rings. The highest BCUT2D eigenvalue weighted by Crippen LogP contribution is 2.19. The van der Waals surface area contributed by atoms with Gasteiger partial charge in [-0.05, 0) is 48.5 Å². The van der Waals surface area contributed by atoms with Gasteiger partial charge in [0.2, 0.25) is 10.0 Å². The van der Waals surface area contributed by atoms with E-state index in [0.717, 1.165) is 10.4 Å². The van der Waals surface area contributed by atoms with Crippen LogP contribution in [0.15, 0.2) is 71.9 Å². The third-order valence-electron chi connectivity index (χ3n) is 4.26.